The summed E-state index contributed by atoms with van der Waals surface area (Å²) in [5.41, 5.74) is 2.37. The molecule has 1 aliphatic heterocycles. The van der Waals surface area contributed by atoms with Gasteiger partial charge < -0.3 is 9.88 Å². The average Bonchev–Trinajstić information content (AvgIpc) is 3.23. The molecular weight excluding hydrogens is 435 g/mol. The van der Waals surface area contributed by atoms with Crippen LogP contribution in [-0.4, -0.2) is 33.7 Å². The molecule has 0 aliphatic carbocycles. The van der Waals surface area contributed by atoms with Crippen LogP contribution in [0.1, 0.15) is 45.4 Å². The number of amides is 3. The summed E-state index contributed by atoms with van der Waals surface area (Å²) >= 11 is 0. The second-order valence-corrected chi connectivity index (χ2v) is 8.61. The predicted molar refractivity (Wildman–Crippen MR) is 123 cm³/mol. The zero-order chi connectivity index (χ0) is 24.8. The first kappa shape index (κ1) is 22.9. The Bertz CT molecular complexity index is 1380. The molecule has 3 aromatic rings. The summed E-state index contributed by atoms with van der Waals surface area (Å²) in [4.78, 5) is 39.9. The highest BCUT2D eigenvalue weighted by molar-refractivity contribution is 6.11. The number of urea groups is 1. The van der Waals surface area contributed by atoms with Crippen LogP contribution in [0.5, 0.6) is 0 Å². The van der Waals surface area contributed by atoms with Crippen LogP contribution in [-0.2, 0) is 10.3 Å². The molecule has 4 rings (SSSR count). The molecule has 7 nitrogen and oxygen atoms in total. The van der Waals surface area contributed by atoms with Crippen LogP contribution >= 0.6 is 0 Å². The monoisotopic (exact) mass is 458 g/mol. The number of nitriles is 1. The minimum atomic E-state index is -1.35. The van der Waals surface area contributed by atoms with E-state index in [1.807, 2.05) is 6.07 Å². The van der Waals surface area contributed by atoms with Crippen LogP contribution in [0.4, 0.5) is 9.18 Å². The molecule has 34 heavy (non-hydrogen) atoms. The third-order valence-electron chi connectivity index (χ3n) is 6.31. The van der Waals surface area contributed by atoms with E-state index >= 15 is 0 Å². The second-order valence-electron chi connectivity index (χ2n) is 8.61. The molecule has 2 heterocycles. The fourth-order valence-corrected chi connectivity index (χ4v) is 4.31. The van der Waals surface area contributed by atoms with Crippen molar-refractivity contribution < 1.29 is 18.8 Å². The first-order valence-corrected chi connectivity index (χ1v) is 10.7. The summed E-state index contributed by atoms with van der Waals surface area (Å²) in [5, 5.41) is 11.7. The summed E-state index contributed by atoms with van der Waals surface area (Å²) < 4.78 is 15.9. The maximum atomic E-state index is 14.1. The van der Waals surface area contributed by atoms with Gasteiger partial charge in [-0.3, -0.25) is 14.5 Å². The molecule has 1 fully saturated rings. The molecule has 1 aromatic heterocycles. The minimum absolute atomic E-state index is 0.348. The molecule has 0 bridgehead atoms. The number of aryl methyl sites for hydroxylation is 2. The number of carbonyl (C=O) groups is 3. The van der Waals surface area contributed by atoms with Gasteiger partial charge in [0.1, 0.15) is 11.4 Å². The van der Waals surface area contributed by atoms with Crippen molar-refractivity contribution in [3.8, 4) is 11.8 Å². The number of nitrogens with zero attached hydrogens (tertiary/aromatic N) is 3. The topological polar surface area (TPSA) is 95.2 Å². The highest BCUT2D eigenvalue weighted by Gasteiger charge is 2.49. The highest BCUT2D eigenvalue weighted by Crippen LogP contribution is 2.30. The lowest BCUT2D eigenvalue weighted by Gasteiger charge is -2.22. The van der Waals surface area contributed by atoms with Crippen molar-refractivity contribution in [2.45, 2.75) is 33.2 Å². The summed E-state index contributed by atoms with van der Waals surface area (Å²) in [6, 6.07) is 14.2. The first-order chi connectivity index (χ1) is 16.1. The standard InChI is InChI=1S/C26H23FN4O3/c1-15-5-10-20(12-22(15)27)31-16(2)11-21(17(31)3)23(32)14-30-24(33)26(4,29-25(30)34)19-8-6-18(13-28)7-9-19/h5-12H,14H2,1-4H3,(H,29,34). The summed E-state index contributed by atoms with van der Waals surface area (Å²) in [6.07, 6.45) is 0. The van der Waals surface area contributed by atoms with E-state index < -0.39 is 29.8 Å². The van der Waals surface area contributed by atoms with Crippen LogP contribution in [0.2, 0.25) is 0 Å². The Hall–Kier alpha value is -4.25. The Balaban J connectivity index is 1.60. The molecule has 8 heteroatoms. The molecular formula is C26H23FN4O3. The lowest BCUT2D eigenvalue weighted by molar-refractivity contribution is -0.130. The van der Waals surface area contributed by atoms with Gasteiger partial charge in [0.05, 0.1) is 18.2 Å². The van der Waals surface area contributed by atoms with E-state index in [-0.39, 0.29) is 5.82 Å². The Kier molecular flexibility index (Phi) is 5.57. The third-order valence-corrected chi connectivity index (χ3v) is 6.31. The van der Waals surface area contributed by atoms with Gasteiger partial charge in [0.15, 0.2) is 5.78 Å². The molecule has 1 saturated heterocycles. The van der Waals surface area contributed by atoms with Gasteiger partial charge in [0, 0.05) is 22.6 Å². The molecule has 1 aliphatic rings. The number of nitrogens with one attached hydrogen (secondary N) is 1. The Morgan fingerprint density at radius 2 is 1.76 bits per heavy atom. The van der Waals surface area contributed by atoms with Crippen LogP contribution in [0.25, 0.3) is 5.69 Å². The molecule has 1 N–H and O–H groups in total. The van der Waals surface area contributed by atoms with Crippen molar-refractivity contribution >= 4 is 17.7 Å². The van der Waals surface area contributed by atoms with Crippen molar-refractivity contribution in [2.75, 3.05) is 6.54 Å². The van der Waals surface area contributed by atoms with Crippen molar-refractivity contribution in [2.24, 2.45) is 0 Å². The Labute approximate surface area is 196 Å². The lowest BCUT2D eigenvalue weighted by atomic mass is 9.91. The van der Waals surface area contributed by atoms with Gasteiger partial charge in [-0.05, 0) is 69.2 Å². The largest absolute Gasteiger partial charge is 0.325 e. The maximum Gasteiger partial charge on any atom is 0.325 e. The van der Waals surface area contributed by atoms with Crippen LogP contribution < -0.4 is 5.32 Å². The summed E-state index contributed by atoms with van der Waals surface area (Å²) in [5.74, 6) is -1.30. The van der Waals surface area contributed by atoms with Gasteiger partial charge in [0.25, 0.3) is 5.91 Å². The zero-order valence-electron chi connectivity index (χ0n) is 19.3. The van der Waals surface area contributed by atoms with Crippen molar-refractivity contribution in [3.05, 3.63) is 88.0 Å². The van der Waals surface area contributed by atoms with E-state index in [2.05, 4.69) is 5.32 Å². The molecule has 1 atom stereocenters. The van der Waals surface area contributed by atoms with E-state index in [0.717, 1.165) is 10.6 Å². The van der Waals surface area contributed by atoms with E-state index in [1.54, 1.807) is 74.7 Å². The number of halogens is 1. The van der Waals surface area contributed by atoms with Crippen molar-refractivity contribution in [1.82, 2.24) is 14.8 Å². The normalized spacial score (nSPS) is 17.6. The number of hydrogen-bond acceptors (Lipinski definition) is 4. The lowest BCUT2D eigenvalue weighted by Crippen LogP contribution is -2.41. The van der Waals surface area contributed by atoms with Gasteiger partial charge in [-0.15, -0.1) is 0 Å². The number of Topliss-reactive ketones (excluding diaryl/α,β-unsaturated/α-hetero) is 1. The number of benzene rings is 2. The predicted octanol–water partition coefficient (Wildman–Crippen LogP) is 4.06. The SMILES string of the molecule is Cc1ccc(-n2c(C)cc(C(=O)CN3C(=O)NC(C)(c4ccc(C#N)cc4)C3=O)c2C)cc1F. The molecule has 2 aromatic carbocycles. The van der Waals surface area contributed by atoms with E-state index in [1.165, 1.54) is 6.07 Å². The molecule has 3 amide bonds. The van der Waals surface area contributed by atoms with Gasteiger partial charge >= 0.3 is 6.03 Å². The van der Waals surface area contributed by atoms with Gasteiger partial charge in [-0.25, -0.2) is 9.18 Å². The van der Waals surface area contributed by atoms with Gasteiger partial charge in [-0.1, -0.05) is 18.2 Å². The summed E-state index contributed by atoms with van der Waals surface area (Å²) in [7, 11) is 0. The van der Waals surface area contributed by atoms with Gasteiger partial charge in [0.2, 0.25) is 0 Å². The average molecular weight is 458 g/mol. The second kappa shape index (κ2) is 8.27. The Morgan fingerprint density at radius 1 is 1.09 bits per heavy atom. The molecule has 172 valence electrons. The number of imide groups is 1. The van der Waals surface area contributed by atoms with E-state index in [9.17, 15) is 18.8 Å². The number of hydrogen-bond donors (Lipinski definition) is 1. The van der Waals surface area contributed by atoms with Crippen LogP contribution in [0.3, 0.4) is 0 Å². The fraction of sp³-hybridized carbons (Fsp3) is 0.231. The minimum Gasteiger partial charge on any atom is -0.319 e. The Morgan fingerprint density at radius 3 is 2.38 bits per heavy atom. The van der Waals surface area contributed by atoms with Crippen LogP contribution in [0, 0.1) is 37.9 Å². The number of aromatic nitrogens is 1. The van der Waals surface area contributed by atoms with Crippen molar-refractivity contribution in [1.29, 1.82) is 5.26 Å². The fourth-order valence-electron chi connectivity index (χ4n) is 4.31. The zero-order valence-corrected chi connectivity index (χ0v) is 19.3. The highest BCUT2D eigenvalue weighted by atomic mass is 19.1. The molecule has 0 radical (unpaired) electrons. The maximum absolute atomic E-state index is 14.1. The number of carbonyl (C=O) groups excluding carboxylic acids is 3. The van der Waals surface area contributed by atoms with E-state index in [0.29, 0.717) is 33.6 Å². The molecule has 1 unspecified atom stereocenters. The van der Waals surface area contributed by atoms with Crippen LogP contribution in [0.15, 0.2) is 48.5 Å². The molecule has 0 spiro atoms. The van der Waals surface area contributed by atoms with Gasteiger partial charge in [-0.2, -0.15) is 5.26 Å². The third kappa shape index (κ3) is 3.65. The smallest absolute Gasteiger partial charge is 0.319 e. The van der Waals surface area contributed by atoms with Crippen molar-refractivity contribution in [3.63, 3.8) is 0 Å². The number of ketones is 1. The summed E-state index contributed by atoms with van der Waals surface area (Å²) in [6.45, 7) is 6.36. The van der Waals surface area contributed by atoms with E-state index in [4.69, 9.17) is 5.26 Å². The number of rotatable bonds is 5. The quantitative estimate of drug-likeness (QED) is 0.461. The first-order valence-electron chi connectivity index (χ1n) is 10.7. The molecule has 0 saturated carbocycles.